The predicted molar refractivity (Wildman–Crippen MR) is 110 cm³/mol. The number of benzene rings is 1. The second-order valence-electron chi connectivity index (χ2n) is 8.02. The average Bonchev–Trinajstić information content (AvgIpc) is 3.01. The number of hydrogen-bond donors (Lipinski definition) is 1. The van der Waals surface area contributed by atoms with E-state index in [-0.39, 0.29) is 32.5 Å². The summed E-state index contributed by atoms with van der Waals surface area (Å²) in [5.41, 5.74) is 0.0356. The number of alkyl halides is 2. The van der Waals surface area contributed by atoms with E-state index in [0.717, 1.165) is 0 Å². The van der Waals surface area contributed by atoms with Crippen LogP contribution in [0.1, 0.15) is 25.3 Å². The maximum Gasteiger partial charge on any atom is 0.261 e. The second-order valence-corrected chi connectivity index (χ2v) is 8.83. The largest absolute Gasteiger partial charge is 0.295 e. The van der Waals surface area contributed by atoms with Gasteiger partial charge in [-0.25, -0.2) is 13.8 Å². The van der Waals surface area contributed by atoms with Gasteiger partial charge >= 0.3 is 0 Å². The maximum absolute atomic E-state index is 13.7. The van der Waals surface area contributed by atoms with Crippen molar-refractivity contribution in [2.45, 2.75) is 38.2 Å². The van der Waals surface area contributed by atoms with Gasteiger partial charge in [0.05, 0.1) is 29.1 Å². The lowest BCUT2D eigenvalue weighted by Gasteiger charge is -2.41. The highest BCUT2D eigenvalue weighted by Crippen LogP contribution is 2.36. The summed E-state index contributed by atoms with van der Waals surface area (Å²) < 4.78 is 27.3. The number of likely N-dealkylation sites (tertiary alicyclic amines) is 1. The molecule has 3 rings (SSSR count). The summed E-state index contributed by atoms with van der Waals surface area (Å²) in [6.07, 6.45) is 7.92. The van der Waals surface area contributed by atoms with Crippen molar-refractivity contribution in [1.29, 1.82) is 0 Å². The fourth-order valence-corrected chi connectivity index (χ4v) is 4.16. The lowest BCUT2D eigenvalue weighted by atomic mass is 9.76. The van der Waals surface area contributed by atoms with E-state index in [2.05, 4.69) is 0 Å². The monoisotopic (exact) mass is 444 g/mol. The smallest absolute Gasteiger partial charge is 0.261 e. The molecule has 0 bridgehead atoms. The predicted octanol–water partition coefficient (Wildman–Crippen LogP) is 4.99. The number of carbonyl (C=O) groups is 1. The first-order valence-electron chi connectivity index (χ1n) is 9.49. The molecule has 1 unspecified atom stereocenters. The molecule has 1 aromatic rings. The van der Waals surface area contributed by atoms with Crippen LogP contribution < -0.4 is 0 Å². The first-order valence-corrected chi connectivity index (χ1v) is 10.2. The Balaban J connectivity index is 1.78. The molecule has 2 atom stereocenters. The van der Waals surface area contributed by atoms with Crippen LogP contribution in [0.5, 0.6) is 0 Å². The molecule has 1 amide bonds. The number of rotatable bonds is 6. The number of halogens is 4. The molecular formula is C21H24Cl2F2N2O2. The molecule has 0 spiro atoms. The minimum Gasteiger partial charge on any atom is -0.295 e. The molecule has 1 fully saturated rings. The van der Waals surface area contributed by atoms with Crippen molar-refractivity contribution in [3.05, 3.63) is 58.1 Å². The van der Waals surface area contributed by atoms with E-state index in [1.807, 2.05) is 31.2 Å². The number of allylic oxidation sites excluding steroid dienone is 3. The Bertz CT molecular complexity index is 831. The molecule has 2 aliphatic rings. The van der Waals surface area contributed by atoms with Gasteiger partial charge in [-0.3, -0.25) is 14.9 Å². The number of nitrogens with zero attached hydrogens (tertiary/aromatic N) is 2. The number of carbonyl (C=O) groups excluding carboxylic acids is 1. The van der Waals surface area contributed by atoms with Crippen LogP contribution in [0.15, 0.2) is 42.5 Å². The highest BCUT2D eigenvalue weighted by atomic mass is 35.5. The quantitative estimate of drug-likeness (QED) is 0.496. The Morgan fingerprint density at radius 2 is 2.07 bits per heavy atom. The van der Waals surface area contributed by atoms with Gasteiger partial charge in [0.25, 0.3) is 11.8 Å². The first-order chi connectivity index (χ1) is 13.6. The maximum atomic E-state index is 13.7. The molecule has 4 nitrogen and oxygen atoms in total. The number of amides is 1. The van der Waals surface area contributed by atoms with Crippen molar-refractivity contribution in [3.63, 3.8) is 0 Å². The standard InChI is InChI=1S/C21H24Cl2F2N2O2/c1-20(7-3-2-4-8-20)18(13-26-10-9-21(24,25)14-26)27(29)19(28)12-15-5-6-16(22)17(23)11-15/h2-7,11,18,29H,8-10,12-14H2,1H3/t18-,20?/m1/s1. The van der Waals surface area contributed by atoms with Gasteiger partial charge in [0.2, 0.25) is 0 Å². The van der Waals surface area contributed by atoms with Crippen molar-refractivity contribution in [3.8, 4) is 0 Å². The SMILES string of the molecule is CC1([C@@H](CN2CCC(F)(F)C2)N(O)C(=O)Cc2ccc(Cl)c(Cl)c2)C=CC=CC1. The van der Waals surface area contributed by atoms with Crippen LogP contribution in [0.2, 0.25) is 10.0 Å². The molecule has 158 valence electrons. The minimum absolute atomic E-state index is 0.0737. The molecule has 1 aromatic carbocycles. The summed E-state index contributed by atoms with van der Waals surface area (Å²) in [4.78, 5) is 14.4. The van der Waals surface area contributed by atoms with Gasteiger partial charge in [-0.1, -0.05) is 60.5 Å². The van der Waals surface area contributed by atoms with Crippen LogP contribution in [0, 0.1) is 5.41 Å². The zero-order valence-corrected chi connectivity index (χ0v) is 17.6. The molecule has 1 saturated heterocycles. The van der Waals surface area contributed by atoms with Crippen molar-refractivity contribution in [2.75, 3.05) is 19.6 Å². The Morgan fingerprint density at radius 1 is 1.31 bits per heavy atom. The summed E-state index contributed by atoms with van der Waals surface area (Å²) >= 11 is 11.9. The van der Waals surface area contributed by atoms with E-state index in [1.54, 1.807) is 23.1 Å². The summed E-state index contributed by atoms with van der Waals surface area (Å²) in [6, 6.07) is 4.17. The van der Waals surface area contributed by atoms with E-state index >= 15 is 0 Å². The van der Waals surface area contributed by atoms with E-state index < -0.39 is 23.3 Å². The van der Waals surface area contributed by atoms with Crippen LogP contribution in [-0.4, -0.2) is 52.7 Å². The second kappa shape index (κ2) is 8.72. The summed E-state index contributed by atoms with van der Waals surface area (Å²) in [5.74, 6) is -3.26. The van der Waals surface area contributed by atoms with Gasteiger partial charge < -0.3 is 0 Å². The van der Waals surface area contributed by atoms with Crippen LogP contribution in [0.25, 0.3) is 0 Å². The topological polar surface area (TPSA) is 43.8 Å². The zero-order chi connectivity index (χ0) is 21.2. The summed E-state index contributed by atoms with van der Waals surface area (Å²) in [6.45, 7) is 1.94. The molecular weight excluding hydrogens is 421 g/mol. The molecule has 1 aliphatic carbocycles. The summed E-state index contributed by atoms with van der Waals surface area (Å²) in [7, 11) is 0. The Kier molecular flexibility index (Phi) is 6.68. The number of hydrogen-bond acceptors (Lipinski definition) is 3. The fraction of sp³-hybridized carbons (Fsp3) is 0.476. The van der Waals surface area contributed by atoms with Crippen molar-refractivity contribution < 1.29 is 18.8 Å². The van der Waals surface area contributed by atoms with Crippen LogP contribution in [0.4, 0.5) is 8.78 Å². The fourth-order valence-electron chi connectivity index (χ4n) is 3.84. The Morgan fingerprint density at radius 3 is 2.66 bits per heavy atom. The van der Waals surface area contributed by atoms with E-state index in [9.17, 15) is 18.8 Å². The van der Waals surface area contributed by atoms with E-state index in [0.29, 0.717) is 27.1 Å². The normalized spacial score (nSPS) is 24.6. The third-order valence-corrected chi connectivity index (χ3v) is 6.35. The number of hydroxylamine groups is 2. The van der Waals surface area contributed by atoms with Gasteiger partial charge in [0.15, 0.2) is 0 Å². The van der Waals surface area contributed by atoms with Crippen LogP contribution >= 0.6 is 23.2 Å². The summed E-state index contributed by atoms with van der Waals surface area (Å²) in [5, 5.41) is 12.2. The molecule has 0 saturated carbocycles. The van der Waals surface area contributed by atoms with E-state index in [4.69, 9.17) is 23.2 Å². The van der Waals surface area contributed by atoms with Crippen molar-refractivity contribution in [1.82, 2.24) is 9.96 Å². The Hall–Kier alpha value is -1.47. The van der Waals surface area contributed by atoms with Gasteiger partial charge in [-0.2, -0.15) is 0 Å². The highest BCUT2D eigenvalue weighted by Gasteiger charge is 2.44. The van der Waals surface area contributed by atoms with Crippen LogP contribution in [-0.2, 0) is 11.2 Å². The molecule has 8 heteroatoms. The molecule has 0 radical (unpaired) electrons. The first kappa shape index (κ1) is 22.2. The third kappa shape index (κ3) is 5.37. The van der Waals surface area contributed by atoms with Gasteiger partial charge in [-0.15, -0.1) is 0 Å². The van der Waals surface area contributed by atoms with Gasteiger partial charge in [-0.05, 0) is 24.1 Å². The highest BCUT2D eigenvalue weighted by molar-refractivity contribution is 6.42. The third-order valence-electron chi connectivity index (χ3n) is 5.61. The molecule has 1 heterocycles. The van der Waals surface area contributed by atoms with Gasteiger partial charge in [0, 0.05) is 24.9 Å². The molecule has 29 heavy (non-hydrogen) atoms. The van der Waals surface area contributed by atoms with Gasteiger partial charge in [0.1, 0.15) is 0 Å². The lowest BCUT2D eigenvalue weighted by Crippen LogP contribution is -2.53. The minimum atomic E-state index is -2.74. The molecule has 1 aliphatic heterocycles. The average molecular weight is 445 g/mol. The lowest BCUT2D eigenvalue weighted by molar-refractivity contribution is -0.186. The van der Waals surface area contributed by atoms with Crippen molar-refractivity contribution in [2.24, 2.45) is 5.41 Å². The molecule has 1 N–H and O–H groups in total. The Labute approximate surface area is 179 Å². The molecule has 0 aromatic heterocycles. The zero-order valence-electron chi connectivity index (χ0n) is 16.1. The van der Waals surface area contributed by atoms with Crippen molar-refractivity contribution >= 4 is 29.1 Å². The van der Waals surface area contributed by atoms with E-state index in [1.165, 1.54) is 0 Å². The van der Waals surface area contributed by atoms with Crippen LogP contribution in [0.3, 0.4) is 0 Å².